The molecular weight excluding hydrogens is 326 g/mol. The van der Waals surface area contributed by atoms with Gasteiger partial charge in [-0.1, -0.05) is 0 Å². The minimum absolute atomic E-state index is 0.248. The van der Waals surface area contributed by atoms with E-state index in [1.807, 2.05) is 30.5 Å². The van der Waals surface area contributed by atoms with Crippen LogP contribution in [0.15, 0.2) is 35.7 Å². The van der Waals surface area contributed by atoms with Crippen LogP contribution in [0.3, 0.4) is 0 Å². The molecule has 2 atom stereocenters. The van der Waals surface area contributed by atoms with Crippen molar-refractivity contribution in [2.75, 3.05) is 12.4 Å². The summed E-state index contributed by atoms with van der Waals surface area (Å²) in [5.41, 5.74) is 3.78. The Kier molecular flexibility index (Phi) is 4.06. The SMILES string of the molecule is CC(C)Nc1nccc2[nH]nc(-c3cc(C4C=NN(C)C4C)ccn3)c12. The van der Waals surface area contributed by atoms with Crippen molar-refractivity contribution in [3.05, 3.63) is 36.2 Å². The van der Waals surface area contributed by atoms with Crippen molar-refractivity contribution < 1.29 is 0 Å². The molecule has 0 amide bonds. The van der Waals surface area contributed by atoms with Crippen LogP contribution in [0.4, 0.5) is 5.82 Å². The van der Waals surface area contributed by atoms with Crippen molar-refractivity contribution in [2.24, 2.45) is 5.10 Å². The Balaban J connectivity index is 1.79. The summed E-state index contributed by atoms with van der Waals surface area (Å²) in [6, 6.07) is 6.69. The van der Waals surface area contributed by atoms with Gasteiger partial charge in [-0.15, -0.1) is 0 Å². The fourth-order valence-electron chi connectivity index (χ4n) is 3.32. The van der Waals surface area contributed by atoms with Gasteiger partial charge in [-0.3, -0.25) is 15.1 Å². The van der Waals surface area contributed by atoms with Crippen molar-refractivity contribution in [1.82, 2.24) is 25.2 Å². The number of anilines is 1. The number of likely N-dealkylation sites (N-methyl/N-ethyl adjacent to an activating group) is 1. The molecule has 4 heterocycles. The van der Waals surface area contributed by atoms with Gasteiger partial charge in [0, 0.05) is 37.6 Å². The number of hydrogen-bond donors (Lipinski definition) is 2. The quantitative estimate of drug-likeness (QED) is 0.755. The molecule has 0 saturated heterocycles. The smallest absolute Gasteiger partial charge is 0.137 e. The second-order valence-electron chi connectivity index (χ2n) is 7.03. The van der Waals surface area contributed by atoms with Crippen LogP contribution >= 0.6 is 0 Å². The van der Waals surface area contributed by atoms with Crippen molar-refractivity contribution >= 4 is 22.9 Å². The molecule has 0 aliphatic carbocycles. The highest BCUT2D eigenvalue weighted by Crippen LogP contribution is 2.32. The fourth-order valence-corrected chi connectivity index (χ4v) is 3.32. The third-order valence-electron chi connectivity index (χ3n) is 4.83. The summed E-state index contributed by atoms with van der Waals surface area (Å²) in [6.07, 6.45) is 5.63. The van der Waals surface area contributed by atoms with Crippen LogP contribution in [0.2, 0.25) is 0 Å². The Labute approximate surface area is 152 Å². The van der Waals surface area contributed by atoms with Crippen molar-refractivity contribution in [1.29, 1.82) is 0 Å². The largest absolute Gasteiger partial charge is 0.367 e. The van der Waals surface area contributed by atoms with Crippen LogP contribution in [0.25, 0.3) is 22.3 Å². The molecule has 3 aromatic heterocycles. The normalized spacial score (nSPS) is 19.7. The van der Waals surface area contributed by atoms with E-state index in [2.05, 4.69) is 63.5 Å². The van der Waals surface area contributed by atoms with E-state index in [0.717, 1.165) is 28.1 Å². The average molecular weight is 349 g/mol. The molecule has 1 aliphatic heterocycles. The number of nitrogens with one attached hydrogen (secondary N) is 2. The van der Waals surface area contributed by atoms with E-state index in [4.69, 9.17) is 0 Å². The van der Waals surface area contributed by atoms with E-state index in [0.29, 0.717) is 6.04 Å². The molecule has 0 spiro atoms. The highest BCUT2D eigenvalue weighted by molar-refractivity contribution is 5.99. The van der Waals surface area contributed by atoms with Crippen molar-refractivity contribution in [2.45, 2.75) is 38.8 Å². The van der Waals surface area contributed by atoms with Gasteiger partial charge < -0.3 is 5.32 Å². The fraction of sp³-hybridized carbons (Fsp3) is 0.368. The summed E-state index contributed by atoms with van der Waals surface area (Å²) in [7, 11) is 2.00. The molecule has 0 saturated carbocycles. The second-order valence-corrected chi connectivity index (χ2v) is 7.03. The molecule has 4 rings (SSSR count). The zero-order chi connectivity index (χ0) is 18.3. The number of aromatic amines is 1. The highest BCUT2D eigenvalue weighted by atomic mass is 15.5. The van der Waals surface area contributed by atoms with E-state index in [-0.39, 0.29) is 12.0 Å². The van der Waals surface area contributed by atoms with Crippen LogP contribution in [0, 0.1) is 0 Å². The molecule has 1 aliphatic rings. The molecule has 2 unspecified atom stereocenters. The first-order valence-electron chi connectivity index (χ1n) is 8.87. The van der Waals surface area contributed by atoms with Gasteiger partial charge in [-0.2, -0.15) is 10.2 Å². The predicted molar refractivity (Wildman–Crippen MR) is 104 cm³/mol. The van der Waals surface area contributed by atoms with Gasteiger partial charge >= 0.3 is 0 Å². The van der Waals surface area contributed by atoms with Gasteiger partial charge in [0.25, 0.3) is 0 Å². The summed E-state index contributed by atoms with van der Waals surface area (Å²) in [5.74, 6) is 1.07. The standard InChI is InChI=1S/C19H23N7/c1-11(2)23-19-17-15(6-8-21-19)24-25-18(17)16-9-13(5-7-20-16)14-10-22-26(4)12(14)3/h5-12,14H,1-4H3,(H,21,23)(H,24,25). The Morgan fingerprint density at radius 3 is 2.73 bits per heavy atom. The van der Waals surface area contributed by atoms with E-state index in [1.54, 1.807) is 6.20 Å². The van der Waals surface area contributed by atoms with Crippen LogP contribution < -0.4 is 5.32 Å². The van der Waals surface area contributed by atoms with Crippen molar-refractivity contribution in [3.8, 4) is 11.4 Å². The van der Waals surface area contributed by atoms with Gasteiger partial charge in [0.1, 0.15) is 11.5 Å². The second kappa shape index (κ2) is 6.40. The minimum Gasteiger partial charge on any atom is -0.367 e. The zero-order valence-corrected chi connectivity index (χ0v) is 15.4. The van der Waals surface area contributed by atoms with Crippen LogP contribution in [0.5, 0.6) is 0 Å². The molecule has 0 aromatic carbocycles. The highest BCUT2D eigenvalue weighted by Gasteiger charge is 2.26. The lowest BCUT2D eigenvalue weighted by Crippen LogP contribution is -2.24. The average Bonchev–Trinajstić information content (AvgIpc) is 3.20. The maximum absolute atomic E-state index is 4.57. The van der Waals surface area contributed by atoms with Crippen LogP contribution in [-0.4, -0.2) is 50.5 Å². The van der Waals surface area contributed by atoms with E-state index in [1.165, 1.54) is 5.56 Å². The number of rotatable bonds is 4. The lowest BCUT2D eigenvalue weighted by molar-refractivity contribution is 0.289. The summed E-state index contributed by atoms with van der Waals surface area (Å²) in [6.45, 7) is 6.36. The molecule has 3 aromatic rings. The van der Waals surface area contributed by atoms with E-state index in [9.17, 15) is 0 Å². The topological polar surface area (TPSA) is 82.1 Å². The molecule has 7 heteroatoms. The molecule has 2 N–H and O–H groups in total. The molecule has 0 bridgehead atoms. The third kappa shape index (κ3) is 2.79. The number of pyridine rings is 2. The van der Waals surface area contributed by atoms with E-state index >= 15 is 0 Å². The van der Waals surface area contributed by atoms with Gasteiger partial charge in [-0.25, -0.2) is 4.98 Å². The lowest BCUT2D eigenvalue weighted by atomic mass is 9.94. The van der Waals surface area contributed by atoms with Gasteiger partial charge in [0.2, 0.25) is 0 Å². The maximum Gasteiger partial charge on any atom is 0.137 e. The molecule has 7 nitrogen and oxygen atoms in total. The molecule has 26 heavy (non-hydrogen) atoms. The van der Waals surface area contributed by atoms with Gasteiger partial charge in [0.05, 0.1) is 22.6 Å². The summed E-state index contributed by atoms with van der Waals surface area (Å²) in [5, 5.41) is 18.4. The zero-order valence-electron chi connectivity index (χ0n) is 15.4. The predicted octanol–water partition coefficient (Wildman–Crippen LogP) is 3.24. The number of fused-ring (bicyclic) bond motifs is 1. The summed E-state index contributed by atoms with van der Waals surface area (Å²) >= 11 is 0. The van der Waals surface area contributed by atoms with Crippen LogP contribution in [0.1, 0.15) is 32.3 Å². The first-order valence-corrected chi connectivity index (χ1v) is 8.87. The monoisotopic (exact) mass is 349 g/mol. The maximum atomic E-state index is 4.57. The number of aromatic nitrogens is 4. The molecule has 0 radical (unpaired) electrons. The number of hydrogen-bond acceptors (Lipinski definition) is 6. The van der Waals surface area contributed by atoms with Gasteiger partial charge in [0.15, 0.2) is 0 Å². The summed E-state index contributed by atoms with van der Waals surface area (Å²) in [4.78, 5) is 9.07. The Hall–Kier alpha value is -2.96. The minimum atomic E-state index is 0.248. The number of nitrogens with zero attached hydrogens (tertiary/aromatic N) is 5. The molecule has 0 fully saturated rings. The number of hydrazone groups is 1. The summed E-state index contributed by atoms with van der Waals surface area (Å²) < 4.78 is 0. The van der Waals surface area contributed by atoms with Crippen LogP contribution in [-0.2, 0) is 0 Å². The first-order chi connectivity index (χ1) is 12.5. The molecular formula is C19H23N7. The number of H-pyrrole nitrogens is 1. The van der Waals surface area contributed by atoms with Crippen molar-refractivity contribution in [3.63, 3.8) is 0 Å². The lowest BCUT2D eigenvalue weighted by Gasteiger charge is -2.20. The Morgan fingerprint density at radius 1 is 1.19 bits per heavy atom. The van der Waals surface area contributed by atoms with E-state index < -0.39 is 0 Å². The molecule has 134 valence electrons. The van der Waals surface area contributed by atoms with Gasteiger partial charge in [-0.05, 0) is 44.5 Å². The Morgan fingerprint density at radius 2 is 2.00 bits per heavy atom. The first kappa shape index (κ1) is 16.5. The third-order valence-corrected chi connectivity index (χ3v) is 4.83. The Bertz CT molecular complexity index is 959.